The highest BCUT2D eigenvalue weighted by atomic mass is 19.3. The van der Waals surface area contributed by atoms with Gasteiger partial charge in [0.2, 0.25) is 11.9 Å². The molecule has 39 heavy (non-hydrogen) atoms. The number of piperidine rings is 2. The number of benzene rings is 1. The van der Waals surface area contributed by atoms with E-state index >= 15 is 0 Å². The summed E-state index contributed by atoms with van der Waals surface area (Å²) in [5.41, 5.74) is 1.06. The maximum Gasteiger partial charge on any atom is 0.296 e. The van der Waals surface area contributed by atoms with Crippen LogP contribution >= 0.6 is 0 Å². The van der Waals surface area contributed by atoms with Crippen LogP contribution in [0.2, 0.25) is 0 Å². The van der Waals surface area contributed by atoms with E-state index in [-0.39, 0.29) is 23.8 Å². The minimum atomic E-state index is -2.76. The van der Waals surface area contributed by atoms with E-state index in [2.05, 4.69) is 25.4 Å². The summed E-state index contributed by atoms with van der Waals surface area (Å²) < 4.78 is 35.2. The summed E-state index contributed by atoms with van der Waals surface area (Å²) in [6.45, 7) is 4.66. The van der Waals surface area contributed by atoms with Crippen LogP contribution in [0.4, 0.5) is 20.5 Å². The average molecular weight is 541 g/mol. The van der Waals surface area contributed by atoms with Gasteiger partial charge in [-0.1, -0.05) is 18.6 Å². The minimum absolute atomic E-state index is 0.0764. The number of imidazole rings is 1. The number of halogens is 2. The van der Waals surface area contributed by atoms with E-state index in [0.717, 1.165) is 38.6 Å². The van der Waals surface area contributed by atoms with Crippen LogP contribution in [0.3, 0.4) is 0 Å². The number of hydrogen-bond donors (Lipinski definition) is 2. The zero-order valence-electron chi connectivity index (χ0n) is 21.9. The van der Waals surface area contributed by atoms with Gasteiger partial charge in [0, 0.05) is 38.3 Å². The molecule has 0 bridgehead atoms. The number of nitrogens with zero attached hydrogens (tertiary/aromatic N) is 6. The summed E-state index contributed by atoms with van der Waals surface area (Å²) in [6, 6.07) is 8.84. The first-order valence-corrected chi connectivity index (χ1v) is 13.8. The Bertz CT molecular complexity index is 1300. The van der Waals surface area contributed by atoms with Crippen LogP contribution in [-0.4, -0.2) is 83.4 Å². The normalized spacial score (nSPS) is 21.1. The number of alkyl halides is 2. The summed E-state index contributed by atoms with van der Waals surface area (Å²) in [5.74, 6) is 1.27. The maximum absolute atomic E-state index is 14.1. The van der Waals surface area contributed by atoms with Crippen LogP contribution in [0.5, 0.6) is 0 Å². The fourth-order valence-corrected chi connectivity index (χ4v) is 5.65. The summed E-state index contributed by atoms with van der Waals surface area (Å²) in [7, 11) is 0. The molecule has 1 atom stereocenters. The number of para-hydroxylation sites is 2. The molecule has 1 aromatic carbocycles. The molecule has 3 aromatic rings. The van der Waals surface area contributed by atoms with E-state index in [1.807, 2.05) is 6.07 Å². The zero-order valence-corrected chi connectivity index (χ0v) is 21.9. The molecular weight excluding hydrogens is 506 g/mol. The number of ether oxygens (including phenoxy) is 1. The lowest BCUT2D eigenvalue weighted by Gasteiger charge is -2.34. The molecule has 0 saturated carbocycles. The Balaban J connectivity index is 1.28. The highest BCUT2D eigenvalue weighted by molar-refractivity contribution is 5.82. The van der Waals surface area contributed by atoms with Crippen LogP contribution in [-0.2, 0) is 9.53 Å². The van der Waals surface area contributed by atoms with Gasteiger partial charge in [0.05, 0.1) is 30.3 Å². The lowest BCUT2D eigenvalue weighted by Crippen LogP contribution is -2.52. The number of carbonyl (C=O) groups excluding carboxylic acids is 1. The van der Waals surface area contributed by atoms with Crippen LogP contribution in [0.15, 0.2) is 30.3 Å². The van der Waals surface area contributed by atoms with Crippen LogP contribution in [0.25, 0.3) is 16.9 Å². The molecule has 0 unspecified atom stereocenters. The molecule has 3 aliphatic rings. The van der Waals surface area contributed by atoms with Crippen molar-refractivity contribution in [3.05, 3.63) is 36.2 Å². The number of carbonyl (C=O) groups is 1. The van der Waals surface area contributed by atoms with Gasteiger partial charge in [-0.2, -0.15) is 9.97 Å². The van der Waals surface area contributed by atoms with Crippen molar-refractivity contribution >= 4 is 28.7 Å². The number of morpholine rings is 1. The van der Waals surface area contributed by atoms with Gasteiger partial charge in [-0.15, -0.1) is 0 Å². The van der Waals surface area contributed by atoms with Gasteiger partial charge in [0.25, 0.3) is 6.43 Å². The molecule has 3 aliphatic heterocycles. The van der Waals surface area contributed by atoms with E-state index in [1.54, 1.807) is 24.3 Å². The fourth-order valence-electron chi connectivity index (χ4n) is 5.65. The third-order valence-electron chi connectivity index (χ3n) is 7.78. The highest BCUT2D eigenvalue weighted by Gasteiger charge is 2.28. The van der Waals surface area contributed by atoms with Crippen molar-refractivity contribution in [1.29, 1.82) is 0 Å². The van der Waals surface area contributed by atoms with Crippen molar-refractivity contribution in [3.8, 4) is 5.82 Å². The van der Waals surface area contributed by atoms with Crippen molar-refractivity contribution in [2.45, 2.75) is 50.6 Å². The molecule has 2 aromatic heterocycles. The van der Waals surface area contributed by atoms with E-state index < -0.39 is 6.43 Å². The topological polar surface area (TPSA) is 100 Å². The van der Waals surface area contributed by atoms with Gasteiger partial charge < -0.3 is 25.2 Å². The molecule has 3 fully saturated rings. The number of aromatic nitrogens is 4. The number of hydrogen-bond acceptors (Lipinski definition) is 8. The van der Waals surface area contributed by atoms with Crippen LogP contribution in [0.1, 0.15) is 44.4 Å². The summed E-state index contributed by atoms with van der Waals surface area (Å²) >= 11 is 0. The van der Waals surface area contributed by atoms with E-state index in [4.69, 9.17) is 14.7 Å². The Hall–Kier alpha value is -3.38. The molecule has 208 valence electrons. The van der Waals surface area contributed by atoms with Crippen molar-refractivity contribution in [2.75, 3.05) is 55.7 Å². The number of amides is 1. The molecule has 10 nitrogen and oxygen atoms in total. The monoisotopic (exact) mass is 540 g/mol. The summed E-state index contributed by atoms with van der Waals surface area (Å²) in [6.07, 6.45) is 1.81. The molecular formula is C27H34F2N8O2. The first-order chi connectivity index (χ1) is 19.1. The molecule has 5 heterocycles. The lowest BCUT2D eigenvalue weighted by molar-refractivity contribution is -0.124. The van der Waals surface area contributed by atoms with Gasteiger partial charge in [0.15, 0.2) is 5.82 Å². The van der Waals surface area contributed by atoms with Crippen molar-refractivity contribution in [3.63, 3.8) is 0 Å². The Morgan fingerprint density at radius 2 is 1.74 bits per heavy atom. The van der Waals surface area contributed by atoms with E-state index in [9.17, 15) is 13.6 Å². The smallest absolute Gasteiger partial charge is 0.296 e. The first kappa shape index (κ1) is 25.9. The fraction of sp³-hybridized carbons (Fsp3) is 0.556. The molecule has 12 heteroatoms. The minimum Gasteiger partial charge on any atom is -0.378 e. The Morgan fingerprint density at radius 3 is 2.49 bits per heavy atom. The quantitative estimate of drug-likeness (QED) is 0.493. The van der Waals surface area contributed by atoms with Gasteiger partial charge in [0.1, 0.15) is 11.6 Å². The molecule has 0 radical (unpaired) electrons. The van der Waals surface area contributed by atoms with Crippen molar-refractivity contribution < 1.29 is 18.3 Å². The first-order valence-electron chi connectivity index (χ1n) is 13.8. The highest BCUT2D eigenvalue weighted by Crippen LogP contribution is 2.30. The number of fused-ring (bicyclic) bond motifs is 1. The van der Waals surface area contributed by atoms with Gasteiger partial charge in [-0.3, -0.25) is 9.36 Å². The molecule has 6 rings (SSSR count). The molecule has 3 saturated heterocycles. The summed E-state index contributed by atoms with van der Waals surface area (Å²) in [5, 5.41) is 6.52. The van der Waals surface area contributed by atoms with E-state index in [0.29, 0.717) is 68.0 Å². The molecule has 2 N–H and O–H groups in total. The maximum atomic E-state index is 14.1. The number of anilines is 2. The van der Waals surface area contributed by atoms with Gasteiger partial charge in [-0.25, -0.2) is 13.8 Å². The average Bonchev–Trinajstić information content (AvgIpc) is 3.38. The molecule has 1 amide bonds. The second kappa shape index (κ2) is 11.4. The zero-order chi connectivity index (χ0) is 26.8. The predicted octanol–water partition coefficient (Wildman–Crippen LogP) is 2.82. The summed E-state index contributed by atoms with van der Waals surface area (Å²) in [4.78, 5) is 30.8. The third-order valence-corrected chi connectivity index (χ3v) is 7.78. The number of rotatable bonds is 6. The third kappa shape index (κ3) is 5.53. The van der Waals surface area contributed by atoms with E-state index in [1.165, 1.54) is 4.57 Å². The standard InChI is InChI=1S/C27H34F2N8O2/c28-24(29)25-32-19-5-1-2-7-21(19)37(25)23-17-22(35-13-15-39-16-14-35)33-27(34-23)36-11-8-18(9-12-36)31-26(38)20-6-3-4-10-30-20/h1-2,5,7,17-18,20,24,30H,3-4,6,8-16H2,(H,31,38)/t20-/m0/s1. The largest absolute Gasteiger partial charge is 0.378 e. The Morgan fingerprint density at radius 1 is 0.974 bits per heavy atom. The van der Waals surface area contributed by atoms with Crippen molar-refractivity contribution in [2.24, 2.45) is 0 Å². The lowest BCUT2D eigenvalue weighted by atomic mass is 10.0. The van der Waals surface area contributed by atoms with Gasteiger partial charge >= 0.3 is 0 Å². The molecule has 0 spiro atoms. The van der Waals surface area contributed by atoms with Gasteiger partial charge in [-0.05, 0) is 44.4 Å². The Kier molecular flexibility index (Phi) is 7.55. The predicted molar refractivity (Wildman–Crippen MR) is 144 cm³/mol. The Labute approximate surface area is 225 Å². The molecule has 0 aliphatic carbocycles. The SMILES string of the molecule is O=C(NC1CCN(c2nc(N3CCOCC3)cc(-n3c(C(F)F)nc4ccccc43)n2)CC1)[C@@H]1CCCCN1. The van der Waals surface area contributed by atoms with Crippen LogP contribution < -0.4 is 20.4 Å². The second-order valence-electron chi connectivity index (χ2n) is 10.4. The van der Waals surface area contributed by atoms with Crippen LogP contribution in [0, 0.1) is 0 Å². The second-order valence-corrected chi connectivity index (χ2v) is 10.4. The number of nitrogens with one attached hydrogen (secondary N) is 2. The van der Waals surface area contributed by atoms with Crippen molar-refractivity contribution in [1.82, 2.24) is 30.2 Å².